The molecule has 3 rings (SSSR count). The number of nitrogens with one attached hydrogen (secondary N) is 2. The third-order valence-corrected chi connectivity index (χ3v) is 4.49. The molecule has 0 saturated carbocycles. The standard InChI is InChI=1S/C17H20ClF3N6O/c1-2-22-16(24-9-12-4-6-28-26-12)25-13-3-5-27(10-13)15-14(18)7-11(8-23-15)17(19,20)21/h4,6-8,13H,2-3,5,9-10H2,1H3,(H2,22,24,25). The van der Waals surface area contributed by atoms with Crippen LogP contribution in [0.1, 0.15) is 24.6 Å². The third-order valence-electron chi connectivity index (χ3n) is 4.21. The highest BCUT2D eigenvalue weighted by atomic mass is 35.5. The zero-order valence-corrected chi connectivity index (χ0v) is 15.9. The first-order chi connectivity index (χ1) is 13.4. The number of halogens is 4. The second-order valence-electron chi connectivity index (χ2n) is 6.29. The van der Waals surface area contributed by atoms with Crippen molar-refractivity contribution < 1.29 is 17.7 Å². The Morgan fingerprint density at radius 3 is 2.93 bits per heavy atom. The minimum absolute atomic E-state index is 0.0120. The largest absolute Gasteiger partial charge is 0.417 e. The molecule has 2 aromatic rings. The third kappa shape index (κ3) is 5.06. The van der Waals surface area contributed by atoms with Crippen LogP contribution in [0, 0.1) is 0 Å². The maximum Gasteiger partial charge on any atom is 0.417 e. The van der Waals surface area contributed by atoms with E-state index in [1.54, 1.807) is 6.07 Å². The summed E-state index contributed by atoms with van der Waals surface area (Å²) in [5.41, 5.74) is -0.143. The molecule has 0 amide bonds. The minimum Gasteiger partial charge on any atom is -0.364 e. The van der Waals surface area contributed by atoms with E-state index in [0.29, 0.717) is 43.7 Å². The second-order valence-corrected chi connectivity index (χ2v) is 6.70. The van der Waals surface area contributed by atoms with Crippen LogP contribution >= 0.6 is 11.6 Å². The van der Waals surface area contributed by atoms with Crippen LogP contribution in [-0.2, 0) is 12.7 Å². The molecule has 152 valence electrons. The number of aromatic nitrogens is 2. The average Bonchev–Trinajstić information content (AvgIpc) is 3.31. The van der Waals surface area contributed by atoms with Gasteiger partial charge in [0.2, 0.25) is 0 Å². The lowest BCUT2D eigenvalue weighted by Gasteiger charge is -2.21. The van der Waals surface area contributed by atoms with E-state index < -0.39 is 11.7 Å². The predicted octanol–water partition coefficient (Wildman–Crippen LogP) is 3.08. The fraction of sp³-hybridized carbons (Fsp3) is 0.471. The molecule has 2 aromatic heterocycles. The zero-order valence-electron chi connectivity index (χ0n) is 15.1. The van der Waals surface area contributed by atoms with Gasteiger partial charge in [-0.15, -0.1) is 0 Å². The Labute approximate surface area is 165 Å². The molecule has 2 N–H and O–H groups in total. The maximum atomic E-state index is 12.8. The normalized spacial score (nSPS) is 17.8. The number of pyridine rings is 1. The molecule has 0 aromatic carbocycles. The number of rotatable bonds is 5. The Hall–Kier alpha value is -2.49. The van der Waals surface area contributed by atoms with Gasteiger partial charge >= 0.3 is 6.18 Å². The summed E-state index contributed by atoms with van der Waals surface area (Å²) in [6, 6.07) is 2.70. The molecule has 3 heterocycles. The summed E-state index contributed by atoms with van der Waals surface area (Å²) in [5, 5.41) is 10.3. The highest BCUT2D eigenvalue weighted by Crippen LogP contribution is 2.34. The van der Waals surface area contributed by atoms with Crippen molar-refractivity contribution in [1.82, 2.24) is 20.8 Å². The molecule has 7 nitrogen and oxygen atoms in total. The lowest BCUT2D eigenvalue weighted by molar-refractivity contribution is -0.137. The summed E-state index contributed by atoms with van der Waals surface area (Å²) in [6.07, 6.45) is -1.40. The van der Waals surface area contributed by atoms with Crippen molar-refractivity contribution in [1.29, 1.82) is 0 Å². The molecule has 0 spiro atoms. The Morgan fingerprint density at radius 1 is 1.46 bits per heavy atom. The summed E-state index contributed by atoms with van der Waals surface area (Å²) in [4.78, 5) is 10.3. The van der Waals surface area contributed by atoms with Crippen molar-refractivity contribution >= 4 is 23.4 Å². The molecule has 0 bridgehead atoms. The zero-order chi connectivity index (χ0) is 20.1. The van der Waals surface area contributed by atoms with Crippen LogP contribution < -0.4 is 15.5 Å². The molecule has 1 atom stereocenters. The maximum absolute atomic E-state index is 12.8. The van der Waals surface area contributed by atoms with Gasteiger partial charge in [-0.1, -0.05) is 16.8 Å². The van der Waals surface area contributed by atoms with Crippen LogP contribution in [0.4, 0.5) is 19.0 Å². The van der Waals surface area contributed by atoms with E-state index in [4.69, 9.17) is 16.1 Å². The van der Waals surface area contributed by atoms with Gasteiger partial charge in [-0.25, -0.2) is 9.98 Å². The van der Waals surface area contributed by atoms with E-state index >= 15 is 0 Å². The van der Waals surface area contributed by atoms with E-state index in [1.807, 2.05) is 11.8 Å². The number of hydrogen-bond donors (Lipinski definition) is 2. The van der Waals surface area contributed by atoms with Gasteiger partial charge in [-0.2, -0.15) is 13.2 Å². The van der Waals surface area contributed by atoms with Gasteiger partial charge in [0.15, 0.2) is 5.96 Å². The van der Waals surface area contributed by atoms with E-state index in [9.17, 15) is 13.2 Å². The monoisotopic (exact) mass is 416 g/mol. The van der Waals surface area contributed by atoms with Crippen LogP contribution in [0.5, 0.6) is 0 Å². The molecule has 1 aliphatic rings. The van der Waals surface area contributed by atoms with Gasteiger partial charge in [0.05, 0.1) is 17.1 Å². The van der Waals surface area contributed by atoms with Crippen LogP contribution in [-0.4, -0.2) is 41.8 Å². The summed E-state index contributed by atoms with van der Waals surface area (Å²) >= 11 is 6.05. The highest BCUT2D eigenvalue weighted by molar-refractivity contribution is 6.33. The average molecular weight is 417 g/mol. The number of hydrogen-bond acceptors (Lipinski definition) is 5. The van der Waals surface area contributed by atoms with E-state index in [-0.39, 0.29) is 11.1 Å². The predicted molar refractivity (Wildman–Crippen MR) is 99.3 cm³/mol. The van der Waals surface area contributed by atoms with Gasteiger partial charge in [0.25, 0.3) is 0 Å². The Bertz CT molecular complexity index is 812. The lowest BCUT2D eigenvalue weighted by Crippen LogP contribution is -2.44. The van der Waals surface area contributed by atoms with Crippen molar-refractivity contribution in [3.05, 3.63) is 40.9 Å². The summed E-state index contributed by atoms with van der Waals surface area (Å²) in [7, 11) is 0. The van der Waals surface area contributed by atoms with Crippen molar-refractivity contribution in [2.45, 2.75) is 32.1 Å². The van der Waals surface area contributed by atoms with Crippen molar-refractivity contribution in [2.24, 2.45) is 4.99 Å². The van der Waals surface area contributed by atoms with Crippen molar-refractivity contribution in [2.75, 3.05) is 24.5 Å². The molecule has 1 aliphatic heterocycles. The summed E-state index contributed by atoms with van der Waals surface area (Å²) < 4.78 is 43.1. The Kier molecular flexibility index (Phi) is 6.28. The van der Waals surface area contributed by atoms with Crippen LogP contribution in [0.25, 0.3) is 0 Å². The summed E-state index contributed by atoms with van der Waals surface area (Å²) in [6.45, 7) is 4.19. The summed E-state index contributed by atoms with van der Waals surface area (Å²) in [5.74, 6) is 0.979. The fourth-order valence-electron chi connectivity index (χ4n) is 2.88. The Balaban J connectivity index is 1.63. The first kappa shape index (κ1) is 20.2. The van der Waals surface area contributed by atoms with Crippen LogP contribution in [0.3, 0.4) is 0 Å². The molecular formula is C17H20ClF3N6O. The van der Waals surface area contributed by atoms with E-state index in [1.165, 1.54) is 6.26 Å². The van der Waals surface area contributed by atoms with Crippen molar-refractivity contribution in [3.63, 3.8) is 0 Å². The molecule has 0 radical (unpaired) electrons. The molecular weight excluding hydrogens is 397 g/mol. The van der Waals surface area contributed by atoms with Gasteiger partial charge in [0, 0.05) is 37.9 Å². The number of guanidine groups is 1. The van der Waals surface area contributed by atoms with Gasteiger partial charge in [-0.3, -0.25) is 0 Å². The number of aliphatic imine (C=N–C) groups is 1. The number of nitrogens with zero attached hydrogens (tertiary/aromatic N) is 4. The second kappa shape index (κ2) is 8.68. The number of alkyl halides is 3. The van der Waals surface area contributed by atoms with Gasteiger partial charge < -0.3 is 20.1 Å². The molecule has 1 fully saturated rings. The minimum atomic E-state index is -4.47. The first-order valence-corrected chi connectivity index (χ1v) is 9.16. The molecule has 28 heavy (non-hydrogen) atoms. The molecule has 1 unspecified atom stereocenters. The van der Waals surface area contributed by atoms with E-state index in [2.05, 4.69) is 25.8 Å². The van der Waals surface area contributed by atoms with Gasteiger partial charge in [-0.05, 0) is 19.4 Å². The van der Waals surface area contributed by atoms with Gasteiger partial charge in [0.1, 0.15) is 17.8 Å². The quantitative estimate of drug-likeness (QED) is 0.576. The first-order valence-electron chi connectivity index (χ1n) is 8.78. The smallest absolute Gasteiger partial charge is 0.364 e. The molecule has 11 heteroatoms. The van der Waals surface area contributed by atoms with Crippen LogP contribution in [0.2, 0.25) is 5.02 Å². The SMILES string of the molecule is CCNC(=NCc1ccon1)NC1CCN(c2ncc(C(F)(F)F)cc2Cl)C1. The lowest BCUT2D eigenvalue weighted by atomic mass is 10.2. The topological polar surface area (TPSA) is 78.6 Å². The molecule has 1 saturated heterocycles. The fourth-order valence-corrected chi connectivity index (χ4v) is 3.17. The van der Waals surface area contributed by atoms with E-state index in [0.717, 1.165) is 18.7 Å². The molecule has 0 aliphatic carbocycles. The van der Waals surface area contributed by atoms with Crippen molar-refractivity contribution in [3.8, 4) is 0 Å². The number of anilines is 1. The Morgan fingerprint density at radius 2 is 2.29 bits per heavy atom. The van der Waals surface area contributed by atoms with Crippen LogP contribution in [0.15, 0.2) is 34.1 Å². The highest BCUT2D eigenvalue weighted by Gasteiger charge is 2.33.